The summed E-state index contributed by atoms with van der Waals surface area (Å²) < 4.78 is 7.11. The van der Waals surface area contributed by atoms with Gasteiger partial charge >= 0.3 is 0 Å². The van der Waals surface area contributed by atoms with Gasteiger partial charge in [-0.3, -0.25) is 0 Å². The minimum absolute atomic E-state index is 0.605. The van der Waals surface area contributed by atoms with E-state index in [1.807, 2.05) is 0 Å². The highest BCUT2D eigenvalue weighted by atomic mass is 35.5. The van der Waals surface area contributed by atoms with Crippen molar-refractivity contribution in [3.63, 3.8) is 0 Å². The van der Waals surface area contributed by atoms with Gasteiger partial charge in [0, 0.05) is 29.1 Å². The Balaban J connectivity index is 2.18. The number of aromatic nitrogens is 2. The third-order valence-corrected chi connectivity index (χ3v) is 2.78. The summed E-state index contributed by atoms with van der Waals surface area (Å²) in [4.78, 5) is 3.98. The van der Waals surface area contributed by atoms with Gasteiger partial charge in [0.1, 0.15) is 5.75 Å². The second-order valence-electron chi connectivity index (χ2n) is 3.67. The lowest BCUT2D eigenvalue weighted by Gasteiger charge is -2.22. The Morgan fingerprint density at radius 1 is 1.41 bits per heavy atom. The molecule has 1 aliphatic rings. The van der Waals surface area contributed by atoms with E-state index in [0.29, 0.717) is 10.8 Å². The van der Waals surface area contributed by atoms with Crippen molar-refractivity contribution in [3.8, 4) is 5.75 Å². The maximum atomic E-state index is 9.63. The van der Waals surface area contributed by atoms with Crippen LogP contribution in [-0.2, 0) is 0 Å². The van der Waals surface area contributed by atoms with Gasteiger partial charge in [0.2, 0.25) is 6.29 Å². The number of rotatable bonds is 1. The molecule has 5 heteroatoms. The molecule has 0 amide bonds. The summed E-state index contributed by atoms with van der Waals surface area (Å²) >= 11 is 5.97. The minimum Gasteiger partial charge on any atom is -0.461 e. The maximum absolute atomic E-state index is 9.63. The van der Waals surface area contributed by atoms with Crippen molar-refractivity contribution in [2.75, 3.05) is 0 Å². The molecule has 0 saturated heterocycles. The number of aliphatic hydroxyl groups excluding tert-OH is 1. The van der Waals surface area contributed by atoms with E-state index in [0.717, 1.165) is 11.3 Å². The number of imidazole rings is 1. The molecule has 0 fully saturated rings. The van der Waals surface area contributed by atoms with Crippen LogP contribution >= 0.6 is 11.6 Å². The molecule has 0 saturated carbocycles. The lowest BCUT2D eigenvalue weighted by Crippen LogP contribution is -2.19. The summed E-state index contributed by atoms with van der Waals surface area (Å²) in [6.45, 7) is 0. The zero-order chi connectivity index (χ0) is 11.8. The van der Waals surface area contributed by atoms with Gasteiger partial charge in [-0.2, -0.15) is 0 Å². The van der Waals surface area contributed by atoms with E-state index in [2.05, 4.69) is 4.98 Å². The number of nitrogens with zero attached hydrogens (tertiary/aromatic N) is 2. The van der Waals surface area contributed by atoms with Crippen LogP contribution in [0.5, 0.6) is 5.75 Å². The van der Waals surface area contributed by atoms with Crippen LogP contribution in [0.15, 0.2) is 43.0 Å². The fourth-order valence-electron chi connectivity index (χ4n) is 1.82. The molecule has 1 aromatic heterocycles. The number of ether oxygens (including phenoxy) is 1. The smallest absolute Gasteiger partial charge is 0.219 e. The van der Waals surface area contributed by atoms with Crippen LogP contribution in [-0.4, -0.2) is 20.9 Å². The second-order valence-corrected chi connectivity index (χ2v) is 4.11. The molecule has 1 aromatic carbocycles. The SMILES string of the molecule is OC1C=C(n2ccnc2)c2cc(Cl)ccc2O1. The molecule has 0 aliphatic carbocycles. The third-order valence-electron chi connectivity index (χ3n) is 2.55. The molecule has 1 N–H and O–H groups in total. The molecule has 2 heterocycles. The Kier molecular flexibility index (Phi) is 2.39. The average molecular weight is 249 g/mol. The molecule has 1 aliphatic heterocycles. The number of aliphatic hydroxyl groups is 1. The van der Waals surface area contributed by atoms with Gasteiger partial charge in [0.05, 0.1) is 12.0 Å². The van der Waals surface area contributed by atoms with E-state index >= 15 is 0 Å². The molecule has 1 atom stereocenters. The summed E-state index contributed by atoms with van der Waals surface area (Å²) in [7, 11) is 0. The normalized spacial score (nSPS) is 18.2. The Morgan fingerprint density at radius 3 is 3.06 bits per heavy atom. The van der Waals surface area contributed by atoms with Crippen molar-refractivity contribution >= 4 is 17.3 Å². The predicted molar refractivity (Wildman–Crippen MR) is 63.7 cm³/mol. The first-order chi connectivity index (χ1) is 8.24. The zero-order valence-electron chi connectivity index (χ0n) is 8.75. The van der Waals surface area contributed by atoms with Crippen molar-refractivity contribution in [1.82, 2.24) is 9.55 Å². The lowest BCUT2D eigenvalue weighted by molar-refractivity contribution is 0.0222. The van der Waals surface area contributed by atoms with Crippen LogP contribution < -0.4 is 4.74 Å². The van der Waals surface area contributed by atoms with E-state index in [-0.39, 0.29) is 0 Å². The van der Waals surface area contributed by atoms with Gasteiger partial charge < -0.3 is 14.4 Å². The van der Waals surface area contributed by atoms with Gasteiger partial charge in [0.25, 0.3) is 0 Å². The van der Waals surface area contributed by atoms with Crippen LogP contribution in [0.2, 0.25) is 5.02 Å². The molecule has 86 valence electrons. The second kappa shape index (κ2) is 3.91. The van der Waals surface area contributed by atoms with Crippen molar-refractivity contribution in [2.45, 2.75) is 6.29 Å². The summed E-state index contributed by atoms with van der Waals surface area (Å²) in [5.74, 6) is 0.605. The quantitative estimate of drug-likeness (QED) is 0.841. The number of hydrogen-bond donors (Lipinski definition) is 1. The van der Waals surface area contributed by atoms with Gasteiger partial charge in [-0.15, -0.1) is 0 Å². The monoisotopic (exact) mass is 248 g/mol. The van der Waals surface area contributed by atoms with E-state index in [1.54, 1.807) is 47.6 Å². The van der Waals surface area contributed by atoms with E-state index in [9.17, 15) is 5.11 Å². The first-order valence-corrected chi connectivity index (χ1v) is 5.46. The lowest BCUT2D eigenvalue weighted by atomic mass is 10.1. The molecule has 3 rings (SSSR count). The first kappa shape index (κ1) is 10.4. The van der Waals surface area contributed by atoms with Crippen LogP contribution in [0, 0.1) is 0 Å². The average Bonchev–Trinajstić information content (AvgIpc) is 2.82. The van der Waals surface area contributed by atoms with Crippen molar-refractivity contribution in [2.24, 2.45) is 0 Å². The minimum atomic E-state index is -0.957. The molecule has 0 bridgehead atoms. The van der Waals surface area contributed by atoms with Crippen molar-refractivity contribution < 1.29 is 9.84 Å². The van der Waals surface area contributed by atoms with Crippen molar-refractivity contribution in [3.05, 3.63) is 53.6 Å². The largest absolute Gasteiger partial charge is 0.461 e. The highest BCUT2D eigenvalue weighted by Crippen LogP contribution is 2.34. The molecule has 17 heavy (non-hydrogen) atoms. The summed E-state index contributed by atoms with van der Waals surface area (Å²) in [5.41, 5.74) is 1.64. The molecular formula is C12H9ClN2O2. The molecule has 4 nitrogen and oxygen atoms in total. The molecule has 1 unspecified atom stereocenters. The summed E-state index contributed by atoms with van der Waals surface area (Å²) in [5, 5.41) is 10.2. The fraction of sp³-hybridized carbons (Fsp3) is 0.0833. The summed E-state index contributed by atoms with van der Waals surface area (Å²) in [6.07, 6.45) is 5.79. The van der Waals surface area contributed by atoms with Gasteiger partial charge in [-0.25, -0.2) is 4.98 Å². The number of halogens is 1. The Labute approximate surface area is 103 Å². The van der Waals surface area contributed by atoms with E-state index < -0.39 is 6.29 Å². The van der Waals surface area contributed by atoms with Gasteiger partial charge in [-0.1, -0.05) is 11.6 Å². The standard InChI is InChI=1S/C12H9ClN2O2/c13-8-1-2-11-9(5-8)10(6-12(16)17-11)15-4-3-14-7-15/h1-7,12,16H. The predicted octanol–water partition coefficient (Wildman–Crippen LogP) is 2.14. The number of hydrogen-bond acceptors (Lipinski definition) is 3. The van der Waals surface area contributed by atoms with Gasteiger partial charge in [0.15, 0.2) is 0 Å². The Bertz CT molecular complexity index is 578. The van der Waals surface area contributed by atoms with Crippen LogP contribution in [0.3, 0.4) is 0 Å². The third kappa shape index (κ3) is 1.81. The van der Waals surface area contributed by atoms with Crippen LogP contribution in [0.4, 0.5) is 0 Å². The molecule has 2 aromatic rings. The number of benzene rings is 1. The van der Waals surface area contributed by atoms with E-state index in [4.69, 9.17) is 16.3 Å². The topological polar surface area (TPSA) is 47.3 Å². The Morgan fingerprint density at radius 2 is 2.29 bits per heavy atom. The van der Waals surface area contributed by atoms with Crippen molar-refractivity contribution in [1.29, 1.82) is 0 Å². The van der Waals surface area contributed by atoms with E-state index in [1.165, 1.54) is 0 Å². The maximum Gasteiger partial charge on any atom is 0.219 e. The van der Waals surface area contributed by atoms with Crippen LogP contribution in [0.25, 0.3) is 5.70 Å². The van der Waals surface area contributed by atoms with Crippen LogP contribution in [0.1, 0.15) is 5.56 Å². The Hall–Kier alpha value is -1.78. The molecule has 0 radical (unpaired) electrons. The summed E-state index contributed by atoms with van der Waals surface area (Å²) in [6, 6.07) is 5.27. The fourth-order valence-corrected chi connectivity index (χ4v) is 1.99. The zero-order valence-corrected chi connectivity index (χ0v) is 9.50. The molecule has 0 spiro atoms. The number of fused-ring (bicyclic) bond motifs is 1. The highest BCUT2D eigenvalue weighted by Gasteiger charge is 2.20. The van der Waals surface area contributed by atoms with Gasteiger partial charge in [-0.05, 0) is 18.2 Å². The molecular weight excluding hydrogens is 240 g/mol. The first-order valence-electron chi connectivity index (χ1n) is 5.09. The highest BCUT2D eigenvalue weighted by molar-refractivity contribution is 6.30.